The van der Waals surface area contributed by atoms with Gasteiger partial charge in [0.05, 0.1) is 11.0 Å². The number of likely N-dealkylation sites (N-methyl/N-ethyl adjacent to an activating group) is 1. The first-order valence-electron chi connectivity index (χ1n) is 6.02. The van der Waals surface area contributed by atoms with Crippen LogP contribution in [0, 0.1) is 0 Å². The van der Waals surface area contributed by atoms with Crippen LogP contribution >= 0.6 is 0 Å². The molecular weight excluding hydrogens is 228 g/mol. The zero-order valence-electron chi connectivity index (χ0n) is 11.1. The van der Waals surface area contributed by atoms with Gasteiger partial charge in [0.15, 0.2) is 0 Å². The van der Waals surface area contributed by atoms with Crippen LogP contribution in [0.15, 0.2) is 23.0 Å². The molecule has 1 aromatic heterocycles. The summed E-state index contributed by atoms with van der Waals surface area (Å²) in [5, 5.41) is 0. The molecule has 1 heterocycles. The number of hydrogen-bond donors (Lipinski definition) is 3. The van der Waals surface area contributed by atoms with Crippen LogP contribution < -0.4 is 11.4 Å². The fraction of sp³-hybridized carbons (Fsp3) is 0.462. The molecule has 0 saturated heterocycles. The number of fused-ring (bicyclic) bond motifs is 1. The normalized spacial score (nSPS) is 12.5. The minimum atomic E-state index is -0.207. The summed E-state index contributed by atoms with van der Waals surface area (Å²) >= 11 is 0. The van der Waals surface area contributed by atoms with Crippen LogP contribution in [0.5, 0.6) is 0 Å². The van der Waals surface area contributed by atoms with Crippen molar-refractivity contribution in [3.05, 3.63) is 34.2 Å². The van der Waals surface area contributed by atoms with Gasteiger partial charge in [-0.25, -0.2) is 4.79 Å². The van der Waals surface area contributed by atoms with Crippen molar-refractivity contribution >= 4 is 11.0 Å². The Balaban J connectivity index is 2.14. The quantitative estimate of drug-likeness (QED) is 0.756. The van der Waals surface area contributed by atoms with Crippen molar-refractivity contribution in [2.75, 3.05) is 13.6 Å². The molecule has 4 N–H and O–H groups in total. The summed E-state index contributed by atoms with van der Waals surface area (Å²) in [5.74, 6) is 0. The molecule has 0 atom stereocenters. The predicted molar refractivity (Wildman–Crippen MR) is 73.5 cm³/mol. The lowest BCUT2D eigenvalue weighted by atomic mass is 10.1. The van der Waals surface area contributed by atoms with Crippen LogP contribution in [0.4, 0.5) is 0 Å². The Kier molecular flexibility index (Phi) is 3.28. The summed E-state index contributed by atoms with van der Waals surface area (Å²) in [7, 11) is 2.04. The molecule has 1 aromatic carbocycles. The lowest BCUT2D eigenvalue weighted by Crippen LogP contribution is -2.43. The monoisotopic (exact) mass is 248 g/mol. The Bertz CT molecular complexity index is 591. The molecule has 2 rings (SSSR count). The Morgan fingerprint density at radius 2 is 1.94 bits per heavy atom. The predicted octanol–water partition coefficient (Wildman–Crippen LogP) is 1.03. The van der Waals surface area contributed by atoms with E-state index in [1.165, 1.54) is 0 Å². The van der Waals surface area contributed by atoms with Crippen LogP contribution in [0.1, 0.15) is 19.4 Å². The molecule has 5 nitrogen and oxygen atoms in total. The van der Waals surface area contributed by atoms with Gasteiger partial charge in [-0.15, -0.1) is 0 Å². The third-order valence-corrected chi connectivity index (χ3v) is 2.71. The summed E-state index contributed by atoms with van der Waals surface area (Å²) in [5.41, 5.74) is 8.46. The molecule has 0 bridgehead atoms. The first kappa shape index (κ1) is 12.9. The molecule has 2 aromatic rings. The summed E-state index contributed by atoms with van der Waals surface area (Å²) in [6.45, 7) is 5.64. The van der Waals surface area contributed by atoms with E-state index in [0.717, 1.165) is 29.7 Å². The third kappa shape index (κ3) is 3.21. The van der Waals surface area contributed by atoms with E-state index < -0.39 is 0 Å². The molecule has 0 radical (unpaired) electrons. The zero-order chi connectivity index (χ0) is 13.3. The van der Waals surface area contributed by atoms with Crippen LogP contribution in [0.3, 0.4) is 0 Å². The van der Waals surface area contributed by atoms with E-state index in [2.05, 4.69) is 14.9 Å². The second-order valence-electron chi connectivity index (χ2n) is 5.62. The number of aromatic nitrogens is 2. The van der Waals surface area contributed by atoms with E-state index in [9.17, 15) is 4.79 Å². The molecular formula is C13H20N4O. The van der Waals surface area contributed by atoms with Gasteiger partial charge in [-0.3, -0.25) is 0 Å². The lowest BCUT2D eigenvalue weighted by molar-refractivity contribution is 0.263. The Hall–Kier alpha value is -1.59. The van der Waals surface area contributed by atoms with E-state index in [4.69, 9.17) is 5.73 Å². The molecule has 0 amide bonds. The average Bonchev–Trinajstić information content (AvgIpc) is 2.53. The SMILES string of the molecule is CN(Cc1ccc2[nH]c(=O)[nH]c2c1)CC(C)(C)N. The van der Waals surface area contributed by atoms with Gasteiger partial charge < -0.3 is 20.6 Å². The van der Waals surface area contributed by atoms with Crippen molar-refractivity contribution in [1.29, 1.82) is 0 Å². The molecule has 0 fully saturated rings. The van der Waals surface area contributed by atoms with Gasteiger partial charge in [-0.05, 0) is 38.6 Å². The number of nitrogens with two attached hydrogens (primary N) is 1. The topological polar surface area (TPSA) is 77.9 Å². The molecule has 0 aliphatic carbocycles. The minimum absolute atomic E-state index is 0.168. The highest BCUT2D eigenvalue weighted by Crippen LogP contribution is 2.12. The first-order chi connectivity index (χ1) is 8.33. The maximum Gasteiger partial charge on any atom is 0.323 e. The number of benzene rings is 1. The van der Waals surface area contributed by atoms with E-state index in [1.807, 2.05) is 39.1 Å². The number of H-pyrrole nitrogens is 2. The number of nitrogens with zero attached hydrogens (tertiary/aromatic N) is 1. The van der Waals surface area contributed by atoms with Gasteiger partial charge in [0.25, 0.3) is 0 Å². The molecule has 0 saturated carbocycles. The molecule has 18 heavy (non-hydrogen) atoms. The van der Waals surface area contributed by atoms with Crippen LogP contribution in [0.25, 0.3) is 11.0 Å². The van der Waals surface area contributed by atoms with Gasteiger partial charge in [-0.1, -0.05) is 6.07 Å². The van der Waals surface area contributed by atoms with Gasteiger partial charge in [0.1, 0.15) is 0 Å². The lowest BCUT2D eigenvalue weighted by Gasteiger charge is -2.26. The molecule has 0 aliphatic heterocycles. The second-order valence-corrected chi connectivity index (χ2v) is 5.62. The van der Waals surface area contributed by atoms with Crippen LogP contribution in [0.2, 0.25) is 0 Å². The largest absolute Gasteiger partial charge is 0.324 e. The maximum absolute atomic E-state index is 11.2. The van der Waals surface area contributed by atoms with Gasteiger partial charge in [-0.2, -0.15) is 0 Å². The molecule has 0 spiro atoms. The number of aromatic amines is 2. The first-order valence-corrected chi connectivity index (χ1v) is 6.02. The molecule has 5 heteroatoms. The number of nitrogens with one attached hydrogen (secondary N) is 2. The van der Waals surface area contributed by atoms with Crippen molar-refractivity contribution in [2.24, 2.45) is 5.73 Å². The van der Waals surface area contributed by atoms with E-state index >= 15 is 0 Å². The van der Waals surface area contributed by atoms with Crippen molar-refractivity contribution in [3.8, 4) is 0 Å². The smallest absolute Gasteiger partial charge is 0.323 e. The second kappa shape index (κ2) is 4.59. The van der Waals surface area contributed by atoms with Crippen LogP contribution in [-0.4, -0.2) is 34.0 Å². The minimum Gasteiger partial charge on any atom is -0.324 e. The van der Waals surface area contributed by atoms with Gasteiger partial charge in [0.2, 0.25) is 0 Å². The Morgan fingerprint density at radius 1 is 1.28 bits per heavy atom. The average molecular weight is 248 g/mol. The molecule has 98 valence electrons. The molecule has 0 unspecified atom stereocenters. The summed E-state index contributed by atoms with van der Waals surface area (Å²) in [4.78, 5) is 18.8. The fourth-order valence-electron chi connectivity index (χ4n) is 2.24. The van der Waals surface area contributed by atoms with Crippen molar-refractivity contribution < 1.29 is 0 Å². The van der Waals surface area contributed by atoms with Crippen LogP contribution in [-0.2, 0) is 6.54 Å². The Labute approximate surface area is 106 Å². The standard InChI is InChI=1S/C13H20N4O/c1-13(2,14)8-17(3)7-9-4-5-10-11(6-9)16-12(18)15-10/h4-6H,7-8,14H2,1-3H3,(H2,15,16,18). The summed E-state index contributed by atoms with van der Waals surface area (Å²) in [6, 6.07) is 5.93. The van der Waals surface area contributed by atoms with E-state index in [-0.39, 0.29) is 11.2 Å². The van der Waals surface area contributed by atoms with E-state index in [1.54, 1.807) is 0 Å². The number of rotatable bonds is 4. The highest BCUT2D eigenvalue weighted by molar-refractivity contribution is 5.74. The zero-order valence-corrected chi connectivity index (χ0v) is 11.1. The number of hydrogen-bond acceptors (Lipinski definition) is 3. The van der Waals surface area contributed by atoms with Crippen molar-refractivity contribution in [1.82, 2.24) is 14.9 Å². The van der Waals surface area contributed by atoms with E-state index in [0.29, 0.717) is 0 Å². The summed E-state index contributed by atoms with van der Waals surface area (Å²) < 4.78 is 0. The third-order valence-electron chi connectivity index (χ3n) is 2.71. The Morgan fingerprint density at radius 3 is 2.61 bits per heavy atom. The van der Waals surface area contributed by atoms with Gasteiger partial charge in [0, 0.05) is 18.6 Å². The highest BCUT2D eigenvalue weighted by Gasteiger charge is 2.14. The summed E-state index contributed by atoms with van der Waals surface area (Å²) in [6.07, 6.45) is 0. The van der Waals surface area contributed by atoms with Gasteiger partial charge >= 0.3 is 5.69 Å². The molecule has 0 aliphatic rings. The number of imidazole rings is 1. The van der Waals surface area contributed by atoms with Crippen molar-refractivity contribution in [2.45, 2.75) is 25.9 Å². The van der Waals surface area contributed by atoms with Crippen molar-refractivity contribution in [3.63, 3.8) is 0 Å². The highest BCUT2D eigenvalue weighted by atomic mass is 16.1. The fourth-order valence-corrected chi connectivity index (χ4v) is 2.24. The maximum atomic E-state index is 11.2.